The van der Waals surface area contributed by atoms with Crippen molar-refractivity contribution < 1.29 is 14.6 Å². The largest absolute Gasteiger partial charge is 0.396 e. The molecule has 0 aromatic heterocycles. The Balaban J connectivity index is 2.09. The molecule has 0 aromatic carbocycles. The van der Waals surface area contributed by atoms with Crippen molar-refractivity contribution in [2.24, 2.45) is 5.41 Å². The van der Waals surface area contributed by atoms with E-state index in [4.69, 9.17) is 14.6 Å². The van der Waals surface area contributed by atoms with Gasteiger partial charge in [-0.25, -0.2) is 0 Å². The fraction of sp³-hybridized carbons (Fsp3) is 1.00. The maximum Gasteiger partial charge on any atom is 0.157 e. The van der Waals surface area contributed by atoms with Crippen LogP contribution in [0.15, 0.2) is 0 Å². The van der Waals surface area contributed by atoms with Gasteiger partial charge in [-0.1, -0.05) is 26.7 Å². The van der Waals surface area contributed by atoms with Crippen LogP contribution in [-0.2, 0) is 9.47 Å². The summed E-state index contributed by atoms with van der Waals surface area (Å²) in [5.41, 5.74) is 0.219. The maximum atomic E-state index is 8.73. The van der Waals surface area contributed by atoms with Gasteiger partial charge in [-0.2, -0.15) is 0 Å². The molecule has 1 saturated heterocycles. The van der Waals surface area contributed by atoms with Gasteiger partial charge in [-0.3, -0.25) is 0 Å². The number of aliphatic hydroxyl groups excluding tert-OH is 1. The first kappa shape index (κ1) is 14.9. The van der Waals surface area contributed by atoms with E-state index in [1.54, 1.807) is 0 Å². The van der Waals surface area contributed by atoms with Crippen LogP contribution in [0.5, 0.6) is 0 Å². The average Bonchev–Trinajstić information content (AvgIpc) is 2.34. The molecule has 1 rings (SSSR count). The van der Waals surface area contributed by atoms with E-state index in [0.29, 0.717) is 6.61 Å². The molecule has 0 aliphatic carbocycles. The highest BCUT2D eigenvalue weighted by Gasteiger charge is 2.21. The van der Waals surface area contributed by atoms with Crippen molar-refractivity contribution in [3.8, 4) is 0 Å². The van der Waals surface area contributed by atoms with Crippen molar-refractivity contribution in [2.45, 2.75) is 65.1 Å². The van der Waals surface area contributed by atoms with Crippen LogP contribution in [0, 0.1) is 5.41 Å². The zero-order valence-electron chi connectivity index (χ0n) is 11.4. The number of hydrogen-bond acceptors (Lipinski definition) is 3. The zero-order valence-corrected chi connectivity index (χ0v) is 11.4. The third-order valence-electron chi connectivity index (χ3n) is 3.31. The topological polar surface area (TPSA) is 38.7 Å². The lowest BCUT2D eigenvalue weighted by molar-refractivity contribution is -0.176. The normalized spacial score (nSPS) is 21.7. The highest BCUT2D eigenvalue weighted by Crippen LogP contribution is 2.26. The monoisotopic (exact) mass is 244 g/mol. The Morgan fingerprint density at radius 2 is 2.06 bits per heavy atom. The van der Waals surface area contributed by atoms with Crippen LogP contribution in [0.3, 0.4) is 0 Å². The molecule has 17 heavy (non-hydrogen) atoms. The minimum Gasteiger partial charge on any atom is -0.396 e. The van der Waals surface area contributed by atoms with Gasteiger partial charge in [-0.15, -0.1) is 0 Å². The molecule has 3 nitrogen and oxygen atoms in total. The van der Waals surface area contributed by atoms with E-state index in [9.17, 15) is 0 Å². The van der Waals surface area contributed by atoms with Gasteiger partial charge >= 0.3 is 0 Å². The molecule has 0 saturated carbocycles. The van der Waals surface area contributed by atoms with E-state index >= 15 is 0 Å². The van der Waals surface area contributed by atoms with Crippen molar-refractivity contribution in [2.75, 3.05) is 19.8 Å². The molecule has 1 atom stereocenters. The van der Waals surface area contributed by atoms with Crippen LogP contribution >= 0.6 is 0 Å². The minimum absolute atomic E-state index is 0.0282. The van der Waals surface area contributed by atoms with Gasteiger partial charge in [0.2, 0.25) is 0 Å². The molecule has 0 amide bonds. The molecule has 1 aliphatic rings. The van der Waals surface area contributed by atoms with Gasteiger partial charge in [0, 0.05) is 13.2 Å². The smallest absolute Gasteiger partial charge is 0.157 e. The standard InChI is InChI=1S/C14H28O3/c1-14(2,9-5-3-6-10-15)12-17-13-8-4-7-11-16-13/h13,15H,3-12H2,1-2H3. The van der Waals surface area contributed by atoms with Crippen molar-refractivity contribution in [3.05, 3.63) is 0 Å². The quantitative estimate of drug-likeness (QED) is 0.667. The Kier molecular flexibility index (Phi) is 7.09. The van der Waals surface area contributed by atoms with Crippen LogP contribution in [-0.4, -0.2) is 31.2 Å². The van der Waals surface area contributed by atoms with E-state index in [-0.39, 0.29) is 11.7 Å². The molecule has 0 bridgehead atoms. The molecule has 1 fully saturated rings. The lowest BCUT2D eigenvalue weighted by atomic mass is 9.88. The summed E-state index contributed by atoms with van der Waals surface area (Å²) in [6.45, 7) is 6.43. The second-order valence-corrected chi connectivity index (χ2v) is 5.81. The molecule has 1 unspecified atom stereocenters. The van der Waals surface area contributed by atoms with Crippen molar-refractivity contribution in [3.63, 3.8) is 0 Å². The average molecular weight is 244 g/mol. The molecular formula is C14H28O3. The maximum absolute atomic E-state index is 8.73. The van der Waals surface area contributed by atoms with Crippen LogP contribution in [0.25, 0.3) is 0 Å². The molecular weight excluding hydrogens is 216 g/mol. The summed E-state index contributed by atoms with van der Waals surface area (Å²) in [6, 6.07) is 0. The molecule has 0 radical (unpaired) electrons. The van der Waals surface area contributed by atoms with E-state index in [1.165, 1.54) is 19.3 Å². The lowest BCUT2D eigenvalue weighted by Crippen LogP contribution is -2.28. The predicted octanol–water partition coefficient (Wildman–Crippen LogP) is 3.11. The Labute approximate surface area is 105 Å². The minimum atomic E-state index is 0.0282. The van der Waals surface area contributed by atoms with Gasteiger partial charge in [0.15, 0.2) is 6.29 Å². The molecule has 0 aromatic rings. The SMILES string of the molecule is CC(C)(CCCCCO)COC1CCCCO1. The second-order valence-electron chi connectivity index (χ2n) is 5.81. The van der Waals surface area contributed by atoms with Crippen molar-refractivity contribution in [1.82, 2.24) is 0 Å². The Hall–Kier alpha value is -0.120. The second kappa shape index (κ2) is 8.06. The van der Waals surface area contributed by atoms with Gasteiger partial charge in [0.05, 0.1) is 6.61 Å². The molecule has 0 spiro atoms. The summed E-state index contributed by atoms with van der Waals surface area (Å²) in [4.78, 5) is 0. The first-order valence-electron chi connectivity index (χ1n) is 6.98. The number of ether oxygens (including phenoxy) is 2. The van der Waals surface area contributed by atoms with Gasteiger partial charge in [-0.05, 0) is 37.5 Å². The summed E-state index contributed by atoms with van der Waals surface area (Å²) < 4.78 is 11.4. The zero-order chi connectivity index (χ0) is 12.6. The first-order valence-corrected chi connectivity index (χ1v) is 6.98. The van der Waals surface area contributed by atoms with Crippen molar-refractivity contribution in [1.29, 1.82) is 0 Å². The molecule has 3 heteroatoms. The Morgan fingerprint density at radius 1 is 1.24 bits per heavy atom. The number of rotatable bonds is 8. The fourth-order valence-electron chi connectivity index (χ4n) is 2.13. The number of aliphatic hydroxyl groups is 1. The van der Waals surface area contributed by atoms with E-state index < -0.39 is 0 Å². The van der Waals surface area contributed by atoms with Crippen molar-refractivity contribution >= 4 is 0 Å². The van der Waals surface area contributed by atoms with Crippen LogP contribution in [0.1, 0.15) is 58.8 Å². The van der Waals surface area contributed by atoms with E-state index in [2.05, 4.69) is 13.8 Å². The van der Waals surface area contributed by atoms with Crippen LogP contribution in [0.4, 0.5) is 0 Å². The third kappa shape index (κ3) is 7.02. The summed E-state index contributed by atoms with van der Waals surface area (Å²) in [5, 5.41) is 8.73. The Morgan fingerprint density at radius 3 is 2.71 bits per heavy atom. The Bertz CT molecular complexity index is 186. The summed E-state index contributed by atoms with van der Waals surface area (Å²) in [6.07, 6.45) is 7.82. The highest BCUT2D eigenvalue weighted by atomic mass is 16.7. The first-order chi connectivity index (χ1) is 8.14. The molecule has 1 N–H and O–H groups in total. The van der Waals surface area contributed by atoms with Crippen LogP contribution < -0.4 is 0 Å². The van der Waals surface area contributed by atoms with Gasteiger partial charge < -0.3 is 14.6 Å². The molecule has 102 valence electrons. The predicted molar refractivity (Wildman–Crippen MR) is 68.9 cm³/mol. The summed E-state index contributed by atoms with van der Waals surface area (Å²) >= 11 is 0. The fourth-order valence-corrected chi connectivity index (χ4v) is 2.13. The number of hydrogen-bond donors (Lipinski definition) is 1. The lowest BCUT2D eigenvalue weighted by Gasteiger charge is -2.29. The van der Waals surface area contributed by atoms with Gasteiger partial charge in [0.25, 0.3) is 0 Å². The van der Waals surface area contributed by atoms with Gasteiger partial charge in [0.1, 0.15) is 0 Å². The molecule has 1 heterocycles. The summed E-state index contributed by atoms with van der Waals surface area (Å²) in [5.74, 6) is 0. The third-order valence-corrected chi connectivity index (χ3v) is 3.31. The molecule has 1 aliphatic heterocycles. The van der Waals surface area contributed by atoms with E-state index in [1.807, 2.05) is 0 Å². The van der Waals surface area contributed by atoms with E-state index in [0.717, 1.165) is 38.9 Å². The summed E-state index contributed by atoms with van der Waals surface area (Å²) in [7, 11) is 0. The highest BCUT2D eigenvalue weighted by molar-refractivity contribution is 4.68. The van der Waals surface area contributed by atoms with Crippen LogP contribution in [0.2, 0.25) is 0 Å². The number of unbranched alkanes of at least 4 members (excludes halogenated alkanes) is 2.